The molecule has 4 nitrogen and oxygen atoms in total. The first kappa shape index (κ1) is 22.1. The second-order valence-corrected chi connectivity index (χ2v) is 9.26. The summed E-state index contributed by atoms with van der Waals surface area (Å²) < 4.78 is 41.8. The van der Waals surface area contributed by atoms with Gasteiger partial charge in [0, 0.05) is 10.0 Å². The van der Waals surface area contributed by atoms with Crippen LogP contribution < -0.4 is 5.32 Å². The van der Waals surface area contributed by atoms with Gasteiger partial charge in [0.25, 0.3) is 0 Å². The second-order valence-electron chi connectivity index (χ2n) is 5.55. The molecule has 3 rings (SSSR count). The maximum Gasteiger partial charge on any atom is 0.418 e. The van der Waals surface area contributed by atoms with Crippen molar-refractivity contribution < 1.29 is 18.0 Å². The number of hydrogen-bond donors (Lipinski definition) is 1. The highest BCUT2D eigenvalue weighted by Crippen LogP contribution is 2.36. The lowest BCUT2D eigenvalue weighted by molar-refractivity contribution is -0.137. The molecule has 0 saturated heterocycles. The molecule has 12 heteroatoms. The number of thioether (sulfide) groups is 1. The van der Waals surface area contributed by atoms with Gasteiger partial charge in [-0.15, -0.1) is 5.10 Å². The molecule has 1 aromatic heterocycles. The molecule has 0 bridgehead atoms. The molecule has 1 N–H and O–H groups in total. The van der Waals surface area contributed by atoms with Crippen LogP contribution >= 0.6 is 58.5 Å². The Morgan fingerprint density at radius 1 is 1.17 bits per heavy atom. The molecule has 0 aliphatic rings. The van der Waals surface area contributed by atoms with Gasteiger partial charge in [0.1, 0.15) is 0 Å². The number of nitrogens with zero attached hydrogens (tertiary/aromatic N) is 2. The summed E-state index contributed by atoms with van der Waals surface area (Å²) in [5.41, 5.74) is -0.652. The molecule has 0 fully saturated rings. The predicted molar refractivity (Wildman–Crippen MR) is 113 cm³/mol. The molecule has 3 aromatic rings. The number of amides is 1. The Morgan fingerprint density at radius 3 is 2.48 bits per heavy atom. The van der Waals surface area contributed by atoms with Crippen molar-refractivity contribution in [2.45, 2.75) is 10.5 Å². The fourth-order valence-electron chi connectivity index (χ4n) is 2.24. The van der Waals surface area contributed by atoms with Crippen molar-refractivity contribution in [3.05, 3.63) is 62.0 Å². The number of nitrogens with one attached hydrogen (secondary N) is 1. The van der Waals surface area contributed by atoms with Crippen LogP contribution in [0.25, 0.3) is 5.69 Å². The SMILES string of the molecule is O=C(CSc1nn(-c2ccc(Cl)cc2)c(=S)s1)Nc1ccc(Cl)cc1C(F)(F)F. The first-order chi connectivity index (χ1) is 13.6. The summed E-state index contributed by atoms with van der Waals surface area (Å²) in [4.78, 5) is 12.1. The Bertz CT molecular complexity index is 1100. The van der Waals surface area contributed by atoms with E-state index in [-0.39, 0.29) is 16.5 Å². The smallest absolute Gasteiger partial charge is 0.325 e. The van der Waals surface area contributed by atoms with E-state index in [1.165, 1.54) is 22.1 Å². The van der Waals surface area contributed by atoms with E-state index >= 15 is 0 Å². The summed E-state index contributed by atoms with van der Waals surface area (Å²) in [7, 11) is 0. The lowest BCUT2D eigenvalue weighted by Gasteiger charge is -2.13. The lowest BCUT2D eigenvalue weighted by atomic mass is 10.1. The van der Waals surface area contributed by atoms with Gasteiger partial charge in [0.15, 0.2) is 8.29 Å². The largest absolute Gasteiger partial charge is 0.418 e. The average Bonchev–Trinajstić information content (AvgIpc) is 3.02. The van der Waals surface area contributed by atoms with E-state index < -0.39 is 17.6 Å². The Kier molecular flexibility index (Phi) is 6.90. The fraction of sp³-hybridized carbons (Fsp3) is 0.118. The molecule has 0 unspecified atom stereocenters. The number of alkyl halides is 3. The Hall–Kier alpha value is -1.59. The third kappa shape index (κ3) is 5.73. The zero-order valence-electron chi connectivity index (χ0n) is 14.2. The average molecular weight is 496 g/mol. The van der Waals surface area contributed by atoms with E-state index in [1.807, 2.05) is 0 Å². The number of halogens is 5. The van der Waals surface area contributed by atoms with E-state index in [2.05, 4.69) is 10.4 Å². The summed E-state index contributed by atoms with van der Waals surface area (Å²) in [6.45, 7) is 0. The molecule has 1 amide bonds. The summed E-state index contributed by atoms with van der Waals surface area (Å²) in [5, 5.41) is 7.09. The fourth-order valence-corrected chi connectivity index (χ4v) is 4.70. The normalized spacial score (nSPS) is 11.5. The van der Waals surface area contributed by atoms with Gasteiger partial charge < -0.3 is 5.32 Å². The van der Waals surface area contributed by atoms with E-state index in [0.29, 0.717) is 19.0 Å². The Balaban J connectivity index is 1.69. The number of benzene rings is 2. The predicted octanol–water partition coefficient (Wildman–Crippen LogP) is 6.72. The van der Waals surface area contributed by atoms with Gasteiger partial charge in [-0.1, -0.05) is 46.3 Å². The van der Waals surface area contributed by atoms with Crippen LogP contribution in [0.4, 0.5) is 18.9 Å². The van der Waals surface area contributed by atoms with E-state index in [1.54, 1.807) is 24.3 Å². The molecule has 0 aliphatic carbocycles. The Morgan fingerprint density at radius 2 is 1.83 bits per heavy atom. The van der Waals surface area contributed by atoms with Crippen LogP contribution in [0.5, 0.6) is 0 Å². The van der Waals surface area contributed by atoms with Crippen molar-refractivity contribution in [1.29, 1.82) is 0 Å². The number of carbonyl (C=O) groups is 1. The zero-order chi connectivity index (χ0) is 21.2. The van der Waals surface area contributed by atoms with E-state index in [4.69, 9.17) is 35.4 Å². The van der Waals surface area contributed by atoms with Crippen LogP contribution in [0, 0.1) is 3.95 Å². The molecule has 0 spiro atoms. The maximum atomic E-state index is 13.1. The van der Waals surface area contributed by atoms with Crippen molar-refractivity contribution in [3.8, 4) is 5.69 Å². The molecule has 0 atom stereocenters. The zero-order valence-corrected chi connectivity index (χ0v) is 18.1. The van der Waals surface area contributed by atoms with Gasteiger partial charge in [-0.25, -0.2) is 4.68 Å². The van der Waals surface area contributed by atoms with Crippen molar-refractivity contribution in [2.75, 3.05) is 11.1 Å². The molecule has 0 saturated carbocycles. The quantitative estimate of drug-likeness (QED) is 0.315. The molecular weight excluding hydrogens is 486 g/mol. The minimum Gasteiger partial charge on any atom is -0.325 e. The molecule has 2 aromatic carbocycles. The number of carbonyl (C=O) groups excluding carboxylic acids is 1. The molecule has 0 aliphatic heterocycles. The monoisotopic (exact) mass is 495 g/mol. The maximum absolute atomic E-state index is 13.1. The van der Waals surface area contributed by atoms with Crippen LogP contribution in [0.1, 0.15) is 5.56 Å². The third-order valence-corrected chi connectivity index (χ3v) is 6.34. The Labute approximate surface area is 186 Å². The van der Waals surface area contributed by atoms with E-state index in [0.717, 1.165) is 23.9 Å². The number of hydrogen-bond acceptors (Lipinski definition) is 5. The standard InChI is InChI=1S/C17H10Cl2F3N3OS3/c18-9-1-4-11(5-2-9)25-16(27)29-15(24-25)28-8-14(26)23-13-6-3-10(19)7-12(13)17(20,21)22/h1-7H,8H2,(H,23,26). The first-order valence-electron chi connectivity index (χ1n) is 7.79. The van der Waals surface area contributed by atoms with Crippen molar-refractivity contribution in [1.82, 2.24) is 9.78 Å². The van der Waals surface area contributed by atoms with Gasteiger partial charge in [-0.2, -0.15) is 13.2 Å². The summed E-state index contributed by atoms with van der Waals surface area (Å²) >= 11 is 19.0. The van der Waals surface area contributed by atoms with E-state index in [9.17, 15) is 18.0 Å². The lowest BCUT2D eigenvalue weighted by Crippen LogP contribution is -2.18. The highest BCUT2D eigenvalue weighted by Gasteiger charge is 2.34. The molecule has 29 heavy (non-hydrogen) atoms. The molecule has 152 valence electrons. The first-order valence-corrected chi connectivity index (χ1v) is 10.8. The van der Waals surface area contributed by atoms with Crippen LogP contribution in [0.3, 0.4) is 0 Å². The van der Waals surface area contributed by atoms with Gasteiger partial charge in [-0.05, 0) is 54.7 Å². The van der Waals surface area contributed by atoms with Crippen LogP contribution in [0.2, 0.25) is 10.0 Å². The molecular formula is C17H10Cl2F3N3OS3. The highest BCUT2D eigenvalue weighted by atomic mass is 35.5. The van der Waals surface area contributed by atoms with Crippen molar-refractivity contribution in [2.24, 2.45) is 0 Å². The van der Waals surface area contributed by atoms with Gasteiger partial charge in [-0.3, -0.25) is 4.79 Å². The second kappa shape index (κ2) is 9.05. The topological polar surface area (TPSA) is 46.9 Å². The summed E-state index contributed by atoms with van der Waals surface area (Å²) in [5.74, 6) is -0.745. The minimum absolute atomic E-state index is 0.0720. The third-order valence-electron chi connectivity index (χ3n) is 3.49. The van der Waals surface area contributed by atoms with Crippen molar-refractivity contribution >= 4 is 70.1 Å². The van der Waals surface area contributed by atoms with Crippen LogP contribution in [-0.4, -0.2) is 21.4 Å². The van der Waals surface area contributed by atoms with Crippen molar-refractivity contribution in [3.63, 3.8) is 0 Å². The van der Waals surface area contributed by atoms with Crippen LogP contribution in [0.15, 0.2) is 46.8 Å². The van der Waals surface area contributed by atoms with Gasteiger partial charge in [0.2, 0.25) is 5.91 Å². The number of anilines is 1. The summed E-state index contributed by atoms with van der Waals surface area (Å²) in [6.07, 6.45) is -4.64. The molecule has 0 radical (unpaired) electrons. The van der Waals surface area contributed by atoms with Gasteiger partial charge in [0.05, 0.1) is 22.7 Å². The van der Waals surface area contributed by atoms with Gasteiger partial charge >= 0.3 is 6.18 Å². The molecule has 1 heterocycles. The number of rotatable bonds is 5. The summed E-state index contributed by atoms with van der Waals surface area (Å²) in [6, 6.07) is 10.1. The number of aromatic nitrogens is 2. The highest BCUT2D eigenvalue weighted by molar-refractivity contribution is 8.01. The minimum atomic E-state index is -4.64. The van der Waals surface area contributed by atoms with Crippen LogP contribution in [-0.2, 0) is 11.0 Å².